The van der Waals surface area contributed by atoms with Crippen molar-refractivity contribution in [2.45, 2.75) is 43.0 Å². The van der Waals surface area contributed by atoms with Gasteiger partial charge < -0.3 is 52.7 Å². The summed E-state index contributed by atoms with van der Waals surface area (Å²) in [5.74, 6) is -4.72. The van der Waals surface area contributed by atoms with Crippen molar-refractivity contribution in [1.29, 1.82) is 0 Å². The first-order chi connectivity index (χ1) is 27.7. The molecule has 22 heteroatoms. The molecule has 58 heavy (non-hydrogen) atoms. The van der Waals surface area contributed by atoms with Crippen molar-refractivity contribution in [3.63, 3.8) is 0 Å². The third-order valence-electron chi connectivity index (χ3n) is 8.17. The minimum Gasteiger partial charge on any atom is -0.497 e. The Kier molecular flexibility index (Phi) is 18.6. The molecule has 1 aromatic heterocycles. The van der Waals surface area contributed by atoms with E-state index >= 15 is 0 Å². The monoisotopic (exact) mass is 828 g/mol. The van der Waals surface area contributed by atoms with Crippen LogP contribution in [0.1, 0.15) is 31.2 Å². The molecule has 11 N–H and O–H groups in total. The van der Waals surface area contributed by atoms with Gasteiger partial charge in [-0.1, -0.05) is 24.6 Å². The number of carbonyl (C=O) groups excluding carboxylic acids is 8. The molecule has 3 aromatic rings. The molecule has 0 saturated heterocycles. The summed E-state index contributed by atoms with van der Waals surface area (Å²) >= 11 is 0. The van der Waals surface area contributed by atoms with Crippen molar-refractivity contribution in [1.82, 2.24) is 46.9 Å². The van der Waals surface area contributed by atoms with Crippen LogP contribution in [0.5, 0.6) is 5.75 Å². The second-order valence-electron chi connectivity index (χ2n) is 12.6. The van der Waals surface area contributed by atoms with E-state index in [9.17, 15) is 46.8 Å². The van der Waals surface area contributed by atoms with E-state index in [1.54, 1.807) is 6.20 Å². The summed E-state index contributed by atoms with van der Waals surface area (Å²) in [7, 11) is -2.59. The summed E-state index contributed by atoms with van der Waals surface area (Å²) in [5.41, 5.74) is 6.50. The van der Waals surface area contributed by atoms with Gasteiger partial charge in [-0.15, -0.1) is 0 Å². The number of hydrogen-bond donors (Lipinski definition) is 10. The largest absolute Gasteiger partial charge is 0.497 e. The van der Waals surface area contributed by atoms with Gasteiger partial charge in [0.2, 0.25) is 57.3 Å². The Bertz CT molecular complexity index is 2040. The van der Waals surface area contributed by atoms with Gasteiger partial charge in [0, 0.05) is 36.5 Å². The zero-order valence-corrected chi connectivity index (χ0v) is 32.6. The maximum absolute atomic E-state index is 13.2. The lowest BCUT2D eigenvalue weighted by Gasteiger charge is -2.19. The fourth-order valence-electron chi connectivity index (χ4n) is 5.14. The number of nitrogens with one attached hydrogen (secondary N) is 9. The number of benzene rings is 2. The Labute approximate surface area is 333 Å². The number of ether oxygens (including phenoxy) is 1. The average Bonchev–Trinajstić information content (AvgIpc) is 3.62. The van der Waals surface area contributed by atoms with Crippen LogP contribution in [0.25, 0.3) is 10.9 Å². The molecule has 1 atom stereocenters. The third kappa shape index (κ3) is 16.7. The van der Waals surface area contributed by atoms with Crippen molar-refractivity contribution in [2.24, 2.45) is 5.73 Å². The SMILES string of the molecule is COc1ccc(S(=O)(=O)NCC(=O)NCC(=O)NCC(=O)NCC(=O)NC(Cc2c[nH]c3ccccc23)C(=O)NCC(=O)NCCCCCC(=O)NCC(N)=O)cc1. The van der Waals surface area contributed by atoms with Crippen LogP contribution in [0.2, 0.25) is 0 Å². The smallest absolute Gasteiger partial charge is 0.243 e. The van der Waals surface area contributed by atoms with Gasteiger partial charge in [-0.3, -0.25) is 38.4 Å². The first-order valence-corrected chi connectivity index (χ1v) is 19.5. The van der Waals surface area contributed by atoms with E-state index in [0.717, 1.165) is 10.9 Å². The number of sulfonamides is 1. The Balaban J connectivity index is 1.40. The number of methoxy groups -OCH3 is 1. The van der Waals surface area contributed by atoms with Gasteiger partial charge in [0.05, 0.1) is 51.3 Å². The van der Waals surface area contributed by atoms with Crippen molar-refractivity contribution in [3.05, 3.63) is 60.3 Å². The number of para-hydroxylation sites is 1. The number of rotatable bonds is 25. The van der Waals surface area contributed by atoms with Crippen molar-refractivity contribution >= 4 is 68.2 Å². The summed E-state index contributed by atoms with van der Waals surface area (Å²) in [4.78, 5) is 101. The summed E-state index contributed by atoms with van der Waals surface area (Å²) in [5, 5.41) is 17.7. The van der Waals surface area contributed by atoms with Crippen molar-refractivity contribution in [2.75, 3.05) is 52.9 Å². The van der Waals surface area contributed by atoms with E-state index in [4.69, 9.17) is 10.5 Å². The molecule has 0 aliphatic heterocycles. The molecule has 0 saturated carbocycles. The van der Waals surface area contributed by atoms with Crippen molar-refractivity contribution < 1.29 is 51.5 Å². The quantitative estimate of drug-likeness (QED) is 0.0382. The first-order valence-electron chi connectivity index (χ1n) is 18.0. The zero-order chi connectivity index (χ0) is 42.5. The van der Waals surface area contributed by atoms with Gasteiger partial charge in [-0.05, 0) is 48.7 Å². The Morgan fingerprint density at radius 2 is 1.26 bits per heavy atom. The molecule has 3 rings (SSSR count). The number of amides is 8. The topological polar surface area (TPSA) is 318 Å². The highest BCUT2D eigenvalue weighted by Gasteiger charge is 2.24. The molecule has 1 unspecified atom stereocenters. The minimum atomic E-state index is -4.01. The first kappa shape index (κ1) is 45.8. The van der Waals surface area contributed by atoms with Crippen LogP contribution in [0.15, 0.2) is 59.6 Å². The molecule has 8 amide bonds. The fraction of sp³-hybridized carbons (Fsp3) is 0.389. The second kappa shape index (κ2) is 23.5. The minimum absolute atomic E-state index is 0.0366. The van der Waals surface area contributed by atoms with E-state index in [-0.39, 0.29) is 43.3 Å². The molecule has 21 nitrogen and oxygen atoms in total. The van der Waals surface area contributed by atoms with E-state index in [1.165, 1.54) is 31.4 Å². The number of nitrogens with two attached hydrogens (primary N) is 1. The average molecular weight is 829 g/mol. The molecule has 0 fully saturated rings. The summed E-state index contributed by atoms with van der Waals surface area (Å²) in [6.07, 6.45) is 3.65. The van der Waals surface area contributed by atoms with Crippen LogP contribution in [0.3, 0.4) is 0 Å². The molecular weight excluding hydrogens is 781 g/mol. The lowest BCUT2D eigenvalue weighted by molar-refractivity contribution is -0.131. The van der Waals surface area contributed by atoms with E-state index < -0.39 is 83.6 Å². The van der Waals surface area contributed by atoms with E-state index in [1.807, 2.05) is 24.3 Å². The lowest BCUT2D eigenvalue weighted by Crippen LogP contribution is -2.52. The maximum atomic E-state index is 13.2. The molecule has 0 aliphatic rings. The Morgan fingerprint density at radius 3 is 1.91 bits per heavy atom. The predicted octanol–water partition coefficient (Wildman–Crippen LogP) is -3.07. The molecule has 2 aromatic carbocycles. The zero-order valence-electron chi connectivity index (χ0n) is 31.7. The Morgan fingerprint density at radius 1 is 0.672 bits per heavy atom. The van der Waals surface area contributed by atoms with Gasteiger partial charge in [0.15, 0.2) is 0 Å². The highest BCUT2D eigenvalue weighted by atomic mass is 32.2. The normalized spacial score (nSPS) is 11.4. The standard InChI is InChI=1S/C36H48N10O11S/c1-57-24-10-12-25(13-11-24)58(55,56)45-22-34(52)42-19-32(50)41-18-33(51)43-21-35(53)46-28(15-23-16-39-27-8-5-4-7-26(23)27)36(54)44-20-31(49)38-14-6-2-3-9-30(48)40-17-29(37)47/h4-5,7-8,10-13,16,28,39,45H,2-3,6,9,14-15,17-22H2,1H3,(H2,37,47)(H,38,49)(H,40,48)(H,41,50)(H,42,52)(H,43,51)(H,44,54)(H,46,53). The van der Waals surface area contributed by atoms with Crippen LogP contribution >= 0.6 is 0 Å². The molecule has 1 heterocycles. The number of hydrogen-bond acceptors (Lipinski definition) is 11. The molecular formula is C36H48N10O11S. The number of H-pyrrole nitrogens is 1. The van der Waals surface area contributed by atoms with Gasteiger partial charge in [0.25, 0.3) is 0 Å². The third-order valence-corrected chi connectivity index (χ3v) is 9.58. The molecule has 0 spiro atoms. The molecule has 0 radical (unpaired) electrons. The number of aromatic nitrogens is 1. The van der Waals surface area contributed by atoms with Gasteiger partial charge in [-0.25, -0.2) is 13.1 Å². The number of aromatic amines is 1. The van der Waals surface area contributed by atoms with E-state index in [0.29, 0.717) is 30.6 Å². The lowest BCUT2D eigenvalue weighted by atomic mass is 10.0. The van der Waals surface area contributed by atoms with Crippen LogP contribution < -0.4 is 52.4 Å². The molecule has 0 bridgehead atoms. The predicted molar refractivity (Wildman–Crippen MR) is 208 cm³/mol. The fourth-order valence-corrected chi connectivity index (χ4v) is 6.12. The number of carbonyl (C=O) groups is 8. The summed E-state index contributed by atoms with van der Waals surface area (Å²) < 4.78 is 31.9. The highest BCUT2D eigenvalue weighted by Crippen LogP contribution is 2.19. The molecule has 0 aliphatic carbocycles. The highest BCUT2D eigenvalue weighted by molar-refractivity contribution is 7.89. The van der Waals surface area contributed by atoms with Crippen LogP contribution in [-0.2, 0) is 54.8 Å². The van der Waals surface area contributed by atoms with Crippen LogP contribution in [0, 0.1) is 0 Å². The van der Waals surface area contributed by atoms with Crippen molar-refractivity contribution in [3.8, 4) is 5.75 Å². The molecule has 314 valence electrons. The summed E-state index contributed by atoms with van der Waals surface area (Å²) in [6, 6.07) is 11.6. The second-order valence-corrected chi connectivity index (χ2v) is 14.4. The number of primary amides is 1. The van der Waals surface area contributed by atoms with Gasteiger partial charge >= 0.3 is 0 Å². The van der Waals surface area contributed by atoms with Crippen LogP contribution in [-0.4, -0.2) is 120 Å². The Hall–Kier alpha value is -6.55. The number of fused-ring (bicyclic) bond motifs is 1. The van der Waals surface area contributed by atoms with E-state index in [2.05, 4.69) is 46.9 Å². The summed E-state index contributed by atoms with van der Waals surface area (Å²) in [6.45, 7) is -2.68. The van der Waals surface area contributed by atoms with Gasteiger partial charge in [0.1, 0.15) is 11.8 Å². The van der Waals surface area contributed by atoms with Crippen LogP contribution in [0.4, 0.5) is 0 Å². The maximum Gasteiger partial charge on any atom is 0.243 e. The van der Waals surface area contributed by atoms with Gasteiger partial charge in [-0.2, -0.15) is 0 Å². The number of unbranched alkanes of at least 4 members (excludes halogenated alkanes) is 2.